The number of amides is 1. The first-order valence-electron chi connectivity index (χ1n) is 11.8. The van der Waals surface area contributed by atoms with Crippen molar-refractivity contribution >= 4 is 12.1 Å². The standard InChI is InChI=1S/C28H32N2O5/c1-3-22-13-14-25(29-18-22)15-16-34-26-12-8-11-24(17-26)19-30(20-27(31)33-4-2)28(32)35-21-23-9-6-5-7-10-23/h5-14,17-18H,3-4,15-16,19-21H2,1-2H3. The van der Waals surface area contributed by atoms with Crippen molar-refractivity contribution in [3.05, 3.63) is 95.3 Å². The van der Waals surface area contributed by atoms with Gasteiger partial charge in [-0.3, -0.25) is 14.7 Å². The van der Waals surface area contributed by atoms with Crippen molar-refractivity contribution < 1.29 is 23.8 Å². The zero-order valence-corrected chi connectivity index (χ0v) is 20.3. The average Bonchev–Trinajstić information content (AvgIpc) is 2.88. The Morgan fingerprint density at radius 3 is 2.40 bits per heavy atom. The molecule has 0 aliphatic rings. The van der Waals surface area contributed by atoms with Crippen LogP contribution in [0, 0.1) is 0 Å². The molecule has 1 amide bonds. The van der Waals surface area contributed by atoms with Gasteiger partial charge >= 0.3 is 12.1 Å². The zero-order chi connectivity index (χ0) is 24.9. The molecule has 0 fully saturated rings. The first-order valence-corrected chi connectivity index (χ1v) is 11.8. The summed E-state index contributed by atoms with van der Waals surface area (Å²) >= 11 is 0. The lowest BCUT2D eigenvalue weighted by Gasteiger charge is -2.21. The number of aromatic nitrogens is 1. The molecule has 35 heavy (non-hydrogen) atoms. The monoisotopic (exact) mass is 476 g/mol. The van der Waals surface area contributed by atoms with Crippen LogP contribution in [0.15, 0.2) is 72.9 Å². The average molecular weight is 477 g/mol. The molecule has 0 saturated carbocycles. The third-order valence-electron chi connectivity index (χ3n) is 5.28. The molecule has 3 rings (SSSR count). The van der Waals surface area contributed by atoms with E-state index in [1.54, 1.807) is 6.92 Å². The summed E-state index contributed by atoms with van der Waals surface area (Å²) < 4.78 is 16.4. The van der Waals surface area contributed by atoms with E-state index in [0.717, 1.165) is 23.2 Å². The van der Waals surface area contributed by atoms with Gasteiger partial charge in [-0.05, 0) is 48.2 Å². The van der Waals surface area contributed by atoms with Crippen LogP contribution >= 0.6 is 0 Å². The van der Waals surface area contributed by atoms with Crippen LogP contribution in [-0.4, -0.2) is 41.7 Å². The minimum atomic E-state index is -0.588. The number of aryl methyl sites for hydroxylation is 1. The van der Waals surface area contributed by atoms with Crippen molar-refractivity contribution in [2.24, 2.45) is 0 Å². The number of pyridine rings is 1. The number of rotatable bonds is 12. The van der Waals surface area contributed by atoms with Gasteiger partial charge in [-0.1, -0.05) is 55.5 Å². The van der Waals surface area contributed by atoms with Crippen molar-refractivity contribution in [1.82, 2.24) is 9.88 Å². The Morgan fingerprint density at radius 2 is 1.69 bits per heavy atom. The maximum Gasteiger partial charge on any atom is 0.410 e. The molecule has 3 aromatic rings. The molecule has 0 atom stereocenters. The van der Waals surface area contributed by atoms with Crippen molar-refractivity contribution in [1.29, 1.82) is 0 Å². The topological polar surface area (TPSA) is 78.0 Å². The van der Waals surface area contributed by atoms with E-state index in [1.807, 2.05) is 66.9 Å². The second-order valence-corrected chi connectivity index (χ2v) is 7.96. The molecule has 2 aromatic carbocycles. The summed E-state index contributed by atoms with van der Waals surface area (Å²) in [5.41, 5.74) is 3.86. The molecule has 7 nitrogen and oxygen atoms in total. The first kappa shape index (κ1) is 25.7. The SMILES string of the molecule is CCOC(=O)CN(Cc1cccc(OCCc2ccc(CC)cn2)c1)C(=O)OCc1ccccc1. The highest BCUT2D eigenvalue weighted by atomic mass is 16.6. The molecular formula is C28H32N2O5. The van der Waals surface area contributed by atoms with Gasteiger partial charge in [0.25, 0.3) is 0 Å². The van der Waals surface area contributed by atoms with E-state index in [4.69, 9.17) is 14.2 Å². The van der Waals surface area contributed by atoms with Crippen LogP contribution in [0.2, 0.25) is 0 Å². The summed E-state index contributed by atoms with van der Waals surface area (Å²) in [6, 6.07) is 20.9. The number of benzene rings is 2. The molecule has 0 bridgehead atoms. The largest absolute Gasteiger partial charge is 0.493 e. The van der Waals surface area contributed by atoms with Crippen LogP contribution in [0.3, 0.4) is 0 Å². The van der Waals surface area contributed by atoms with Crippen molar-refractivity contribution in [3.63, 3.8) is 0 Å². The Bertz CT molecular complexity index is 1070. The molecule has 0 N–H and O–H groups in total. The summed E-state index contributed by atoms with van der Waals surface area (Å²) in [6.45, 7) is 4.65. The first-order chi connectivity index (χ1) is 17.1. The Balaban J connectivity index is 1.59. The number of nitrogens with zero attached hydrogens (tertiary/aromatic N) is 2. The summed E-state index contributed by atoms with van der Waals surface area (Å²) in [5.74, 6) is 0.194. The lowest BCUT2D eigenvalue weighted by molar-refractivity contribution is -0.144. The molecule has 0 spiro atoms. The van der Waals surface area contributed by atoms with Crippen molar-refractivity contribution in [2.75, 3.05) is 19.8 Å². The van der Waals surface area contributed by atoms with Crippen LogP contribution in [0.4, 0.5) is 4.79 Å². The summed E-state index contributed by atoms with van der Waals surface area (Å²) in [5, 5.41) is 0. The van der Waals surface area contributed by atoms with Gasteiger partial charge in [0.05, 0.1) is 13.2 Å². The van der Waals surface area contributed by atoms with E-state index in [0.29, 0.717) is 18.8 Å². The third kappa shape index (κ3) is 8.77. The van der Waals surface area contributed by atoms with Gasteiger partial charge in [0, 0.05) is 24.9 Å². The van der Waals surface area contributed by atoms with Gasteiger partial charge < -0.3 is 14.2 Å². The second kappa shape index (κ2) is 13.7. The molecule has 184 valence electrons. The molecule has 1 heterocycles. The summed E-state index contributed by atoms with van der Waals surface area (Å²) in [6.07, 6.45) is 2.96. The molecule has 7 heteroatoms. The van der Waals surface area contributed by atoms with Crippen LogP contribution in [0.1, 0.15) is 36.2 Å². The highest BCUT2D eigenvalue weighted by molar-refractivity contribution is 5.78. The lowest BCUT2D eigenvalue weighted by Crippen LogP contribution is -2.36. The molecule has 0 unspecified atom stereocenters. The molecular weight excluding hydrogens is 444 g/mol. The van der Waals surface area contributed by atoms with Gasteiger partial charge in [-0.2, -0.15) is 0 Å². The van der Waals surface area contributed by atoms with E-state index in [-0.39, 0.29) is 26.3 Å². The second-order valence-electron chi connectivity index (χ2n) is 7.96. The van der Waals surface area contributed by atoms with Gasteiger partial charge in [0.15, 0.2) is 0 Å². The summed E-state index contributed by atoms with van der Waals surface area (Å²) in [4.78, 5) is 30.7. The van der Waals surface area contributed by atoms with Gasteiger partial charge in [0.2, 0.25) is 0 Å². The minimum Gasteiger partial charge on any atom is -0.493 e. The fourth-order valence-corrected chi connectivity index (χ4v) is 3.40. The Hall–Kier alpha value is -3.87. The highest BCUT2D eigenvalue weighted by Crippen LogP contribution is 2.17. The predicted octanol–water partition coefficient (Wildman–Crippen LogP) is 4.97. The van der Waals surface area contributed by atoms with E-state index in [2.05, 4.69) is 18.0 Å². The minimum absolute atomic E-state index is 0.120. The van der Waals surface area contributed by atoms with E-state index in [9.17, 15) is 9.59 Å². The Kier molecular flexibility index (Phi) is 10.1. The van der Waals surface area contributed by atoms with Crippen molar-refractivity contribution in [3.8, 4) is 5.75 Å². The summed E-state index contributed by atoms with van der Waals surface area (Å²) in [7, 11) is 0. The Morgan fingerprint density at radius 1 is 0.886 bits per heavy atom. The van der Waals surface area contributed by atoms with Crippen LogP contribution in [0.25, 0.3) is 0 Å². The maximum absolute atomic E-state index is 12.8. The van der Waals surface area contributed by atoms with Gasteiger partial charge in [-0.15, -0.1) is 0 Å². The molecule has 0 radical (unpaired) electrons. The van der Waals surface area contributed by atoms with E-state index in [1.165, 1.54) is 10.5 Å². The van der Waals surface area contributed by atoms with Crippen LogP contribution in [0.5, 0.6) is 5.75 Å². The number of hydrogen-bond donors (Lipinski definition) is 0. The van der Waals surface area contributed by atoms with Gasteiger partial charge in [-0.25, -0.2) is 4.79 Å². The third-order valence-corrected chi connectivity index (χ3v) is 5.28. The fourth-order valence-electron chi connectivity index (χ4n) is 3.40. The predicted molar refractivity (Wildman–Crippen MR) is 133 cm³/mol. The van der Waals surface area contributed by atoms with Crippen LogP contribution in [-0.2, 0) is 40.3 Å². The normalized spacial score (nSPS) is 10.5. The lowest BCUT2D eigenvalue weighted by atomic mass is 10.2. The number of ether oxygens (including phenoxy) is 3. The van der Waals surface area contributed by atoms with Crippen molar-refractivity contribution in [2.45, 2.75) is 39.8 Å². The van der Waals surface area contributed by atoms with E-state index >= 15 is 0 Å². The number of esters is 1. The fraction of sp³-hybridized carbons (Fsp3) is 0.321. The van der Waals surface area contributed by atoms with Gasteiger partial charge in [0.1, 0.15) is 18.9 Å². The number of hydrogen-bond acceptors (Lipinski definition) is 6. The van der Waals surface area contributed by atoms with Crippen LogP contribution < -0.4 is 4.74 Å². The Labute approximate surface area is 206 Å². The number of carbonyl (C=O) groups excluding carboxylic acids is 2. The maximum atomic E-state index is 12.8. The molecule has 1 aromatic heterocycles. The quantitative estimate of drug-likeness (QED) is 0.344. The molecule has 0 aliphatic carbocycles. The zero-order valence-electron chi connectivity index (χ0n) is 20.3. The smallest absolute Gasteiger partial charge is 0.410 e. The van der Waals surface area contributed by atoms with E-state index < -0.39 is 12.1 Å². The highest BCUT2D eigenvalue weighted by Gasteiger charge is 2.20. The molecule has 0 saturated heterocycles. The molecule has 0 aliphatic heterocycles. The number of carbonyl (C=O) groups is 2.